The molecule has 1 N–H and O–H groups in total. The van der Waals surface area contributed by atoms with Crippen LogP contribution in [0.3, 0.4) is 0 Å². The standard InChI is InChI=1S/C17H14N2O3/c18-12-13-5-4-8-15(11-13)19(10-9-16(20)21)17(22)14-6-2-1-3-7-14/h1-8,11H,9-10H2,(H,20,21). The van der Waals surface area contributed by atoms with Crippen LogP contribution in [0, 0.1) is 11.3 Å². The molecule has 0 saturated carbocycles. The van der Waals surface area contributed by atoms with Gasteiger partial charge in [-0.05, 0) is 30.3 Å². The van der Waals surface area contributed by atoms with E-state index in [-0.39, 0.29) is 18.9 Å². The van der Waals surface area contributed by atoms with E-state index in [1.165, 1.54) is 4.90 Å². The van der Waals surface area contributed by atoms with Crippen LogP contribution in [0.5, 0.6) is 0 Å². The lowest BCUT2D eigenvalue weighted by molar-refractivity contribution is -0.136. The van der Waals surface area contributed by atoms with E-state index < -0.39 is 5.97 Å². The number of rotatable bonds is 5. The Labute approximate surface area is 128 Å². The predicted octanol–water partition coefficient (Wildman–Crippen LogP) is 2.68. The summed E-state index contributed by atoms with van der Waals surface area (Å²) in [5.41, 5.74) is 1.39. The maximum Gasteiger partial charge on any atom is 0.305 e. The van der Waals surface area contributed by atoms with Crippen molar-refractivity contribution in [3.8, 4) is 6.07 Å². The zero-order chi connectivity index (χ0) is 15.9. The molecule has 0 atom stereocenters. The van der Waals surface area contributed by atoms with E-state index in [4.69, 9.17) is 10.4 Å². The van der Waals surface area contributed by atoms with E-state index >= 15 is 0 Å². The zero-order valence-corrected chi connectivity index (χ0v) is 11.8. The molecule has 2 rings (SSSR count). The monoisotopic (exact) mass is 294 g/mol. The van der Waals surface area contributed by atoms with Crippen molar-refractivity contribution in [3.63, 3.8) is 0 Å². The number of nitrogens with zero attached hydrogens (tertiary/aromatic N) is 2. The molecule has 0 unspecified atom stereocenters. The highest BCUT2D eigenvalue weighted by Gasteiger charge is 2.18. The molecule has 0 radical (unpaired) electrons. The van der Waals surface area contributed by atoms with Crippen molar-refractivity contribution in [2.45, 2.75) is 6.42 Å². The van der Waals surface area contributed by atoms with Gasteiger partial charge < -0.3 is 10.0 Å². The van der Waals surface area contributed by atoms with Gasteiger partial charge in [0.25, 0.3) is 5.91 Å². The SMILES string of the molecule is N#Cc1cccc(N(CCC(=O)O)C(=O)c2ccccc2)c1. The first-order valence-corrected chi connectivity index (χ1v) is 6.70. The summed E-state index contributed by atoms with van der Waals surface area (Å²) in [5, 5.41) is 17.8. The van der Waals surface area contributed by atoms with Gasteiger partial charge in [0.05, 0.1) is 18.1 Å². The van der Waals surface area contributed by atoms with Gasteiger partial charge in [-0.25, -0.2) is 0 Å². The lowest BCUT2D eigenvalue weighted by atomic mass is 10.1. The minimum absolute atomic E-state index is 0.0396. The maximum atomic E-state index is 12.6. The molecule has 1 amide bonds. The molecule has 2 aromatic rings. The molecular weight excluding hydrogens is 280 g/mol. The number of carboxylic acids is 1. The van der Waals surface area contributed by atoms with Crippen LogP contribution in [0.25, 0.3) is 0 Å². The minimum Gasteiger partial charge on any atom is -0.481 e. The van der Waals surface area contributed by atoms with E-state index in [0.717, 1.165) is 0 Å². The molecule has 22 heavy (non-hydrogen) atoms. The Morgan fingerprint density at radius 3 is 2.45 bits per heavy atom. The normalized spacial score (nSPS) is 9.77. The van der Waals surface area contributed by atoms with Crippen molar-refractivity contribution in [2.75, 3.05) is 11.4 Å². The van der Waals surface area contributed by atoms with Crippen molar-refractivity contribution >= 4 is 17.6 Å². The van der Waals surface area contributed by atoms with Crippen LogP contribution in [0.1, 0.15) is 22.3 Å². The number of carbonyl (C=O) groups is 2. The third-order valence-electron chi connectivity index (χ3n) is 3.10. The van der Waals surface area contributed by atoms with E-state index in [2.05, 4.69) is 0 Å². The topological polar surface area (TPSA) is 81.4 Å². The van der Waals surface area contributed by atoms with Gasteiger partial charge in [-0.3, -0.25) is 9.59 Å². The molecule has 0 aliphatic rings. The molecule has 5 nitrogen and oxygen atoms in total. The average molecular weight is 294 g/mol. The number of carboxylic acid groups (broad SMARTS) is 1. The summed E-state index contributed by atoms with van der Waals surface area (Å²) in [4.78, 5) is 24.8. The highest BCUT2D eigenvalue weighted by molar-refractivity contribution is 6.06. The molecule has 5 heteroatoms. The molecule has 0 saturated heterocycles. The Morgan fingerprint density at radius 2 is 1.82 bits per heavy atom. The quantitative estimate of drug-likeness (QED) is 0.919. The second-order valence-electron chi connectivity index (χ2n) is 4.63. The maximum absolute atomic E-state index is 12.6. The number of benzene rings is 2. The summed E-state index contributed by atoms with van der Waals surface area (Å²) < 4.78 is 0. The molecule has 0 bridgehead atoms. The van der Waals surface area contributed by atoms with E-state index in [9.17, 15) is 9.59 Å². The molecular formula is C17H14N2O3. The van der Waals surface area contributed by atoms with Crippen LogP contribution < -0.4 is 4.90 Å². The zero-order valence-electron chi connectivity index (χ0n) is 11.8. The Hall–Kier alpha value is -3.13. The van der Waals surface area contributed by atoms with Gasteiger partial charge in [0.2, 0.25) is 0 Å². The predicted molar refractivity (Wildman–Crippen MR) is 81.5 cm³/mol. The molecule has 0 spiro atoms. The number of anilines is 1. The summed E-state index contributed by atoms with van der Waals surface area (Å²) in [6, 6.07) is 17.2. The molecule has 110 valence electrons. The molecule has 0 aromatic heterocycles. The lowest BCUT2D eigenvalue weighted by Crippen LogP contribution is -2.33. The number of amides is 1. The molecule has 0 fully saturated rings. The smallest absolute Gasteiger partial charge is 0.305 e. The second-order valence-corrected chi connectivity index (χ2v) is 4.63. The Bertz CT molecular complexity index is 720. The van der Waals surface area contributed by atoms with Crippen LogP contribution in [0.2, 0.25) is 0 Å². The minimum atomic E-state index is -0.984. The first kappa shape index (κ1) is 15.3. The number of hydrogen-bond donors (Lipinski definition) is 1. The lowest BCUT2D eigenvalue weighted by Gasteiger charge is -2.22. The molecule has 0 aliphatic heterocycles. The molecule has 2 aromatic carbocycles. The van der Waals surface area contributed by atoms with Gasteiger partial charge in [-0.2, -0.15) is 5.26 Å². The first-order chi connectivity index (χ1) is 10.6. The Kier molecular flexibility index (Phi) is 4.89. The van der Waals surface area contributed by atoms with Gasteiger partial charge >= 0.3 is 5.97 Å². The van der Waals surface area contributed by atoms with Crippen LogP contribution in [-0.4, -0.2) is 23.5 Å². The fraction of sp³-hybridized carbons (Fsp3) is 0.118. The van der Waals surface area contributed by atoms with Crippen molar-refractivity contribution in [2.24, 2.45) is 0 Å². The first-order valence-electron chi connectivity index (χ1n) is 6.70. The second kappa shape index (κ2) is 7.04. The van der Waals surface area contributed by atoms with Crippen LogP contribution >= 0.6 is 0 Å². The summed E-state index contributed by atoms with van der Waals surface area (Å²) in [5.74, 6) is -1.28. The highest BCUT2D eigenvalue weighted by Crippen LogP contribution is 2.19. The number of carbonyl (C=O) groups excluding carboxylic acids is 1. The van der Waals surface area contributed by atoms with Crippen LogP contribution in [0.15, 0.2) is 54.6 Å². The molecule has 0 aliphatic carbocycles. The fourth-order valence-corrected chi connectivity index (χ4v) is 2.04. The summed E-state index contributed by atoms with van der Waals surface area (Å²) in [6.07, 6.45) is -0.171. The van der Waals surface area contributed by atoms with Crippen molar-refractivity contribution in [1.29, 1.82) is 5.26 Å². The highest BCUT2D eigenvalue weighted by atomic mass is 16.4. The van der Waals surface area contributed by atoms with E-state index in [1.807, 2.05) is 6.07 Å². The number of hydrogen-bond acceptors (Lipinski definition) is 3. The Balaban J connectivity index is 2.35. The third kappa shape index (κ3) is 3.70. The van der Waals surface area contributed by atoms with Gasteiger partial charge in [-0.15, -0.1) is 0 Å². The van der Waals surface area contributed by atoms with Crippen LogP contribution in [-0.2, 0) is 4.79 Å². The summed E-state index contributed by atoms with van der Waals surface area (Å²) >= 11 is 0. The summed E-state index contributed by atoms with van der Waals surface area (Å²) in [6.45, 7) is 0.0396. The van der Waals surface area contributed by atoms with Gasteiger partial charge in [0.1, 0.15) is 0 Å². The van der Waals surface area contributed by atoms with Crippen molar-refractivity contribution in [1.82, 2.24) is 0 Å². The van der Waals surface area contributed by atoms with Crippen molar-refractivity contribution in [3.05, 3.63) is 65.7 Å². The fourth-order valence-electron chi connectivity index (χ4n) is 2.04. The van der Waals surface area contributed by atoms with Gasteiger partial charge in [0.15, 0.2) is 0 Å². The Morgan fingerprint density at radius 1 is 1.09 bits per heavy atom. The molecule has 0 heterocycles. The van der Waals surface area contributed by atoms with Crippen LogP contribution in [0.4, 0.5) is 5.69 Å². The van der Waals surface area contributed by atoms with Gasteiger partial charge in [0, 0.05) is 17.8 Å². The number of aliphatic carboxylic acids is 1. The summed E-state index contributed by atoms with van der Waals surface area (Å²) in [7, 11) is 0. The van der Waals surface area contributed by atoms with Gasteiger partial charge in [-0.1, -0.05) is 24.3 Å². The number of nitriles is 1. The van der Waals surface area contributed by atoms with E-state index in [1.54, 1.807) is 54.6 Å². The average Bonchev–Trinajstić information content (AvgIpc) is 2.55. The third-order valence-corrected chi connectivity index (χ3v) is 3.10. The largest absolute Gasteiger partial charge is 0.481 e. The van der Waals surface area contributed by atoms with Crippen molar-refractivity contribution < 1.29 is 14.7 Å². The van der Waals surface area contributed by atoms with E-state index in [0.29, 0.717) is 16.8 Å².